The van der Waals surface area contributed by atoms with E-state index in [0.717, 1.165) is 44.4 Å². The molecule has 0 unspecified atom stereocenters. The first-order valence-electron chi connectivity index (χ1n) is 7.54. The summed E-state index contributed by atoms with van der Waals surface area (Å²) in [6.07, 6.45) is 5.37. The van der Waals surface area contributed by atoms with Gasteiger partial charge in [-0.15, -0.1) is 0 Å². The van der Waals surface area contributed by atoms with Gasteiger partial charge in [0, 0.05) is 38.2 Å². The Morgan fingerprint density at radius 1 is 1.26 bits per heavy atom. The minimum atomic E-state index is 0.808. The predicted octanol–water partition coefficient (Wildman–Crippen LogP) is 1.99. The van der Waals surface area contributed by atoms with E-state index in [0.29, 0.717) is 0 Å². The fraction of sp³-hybridized carbons (Fsp3) is 0.733. The molecular weight excluding hydrogens is 236 g/mol. The van der Waals surface area contributed by atoms with Gasteiger partial charge >= 0.3 is 0 Å². The molecule has 0 bridgehead atoms. The summed E-state index contributed by atoms with van der Waals surface area (Å²) in [5.74, 6) is 2.87. The zero-order valence-corrected chi connectivity index (χ0v) is 12.0. The third kappa shape index (κ3) is 2.59. The molecule has 1 aromatic rings. The molecule has 104 valence electrons. The van der Waals surface area contributed by atoms with Gasteiger partial charge in [0.15, 0.2) is 0 Å². The summed E-state index contributed by atoms with van der Waals surface area (Å²) in [7, 11) is 0. The van der Waals surface area contributed by atoms with E-state index in [1.807, 2.05) is 0 Å². The molecule has 2 aliphatic heterocycles. The lowest BCUT2D eigenvalue weighted by atomic mass is 9.86. The van der Waals surface area contributed by atoms with Gasteiger partial charge in [-0.25, -0.2) is 9.97 Å². The van der Waals surface area contributed by atoms with Crippen LogP contribution >= 0.6 is 0 Å². The third-order valence-corrected chi connectivity index (χ3v) is 4.63. The number of nitrogens with one attached hydrogen (secondary N) is 1. The lowest BCUT2D eigenvalue weighted by molar-refractivity contribution is 0.310. The van der Waals surface area contributed by atoms with E-state index in [2.05, 4.69) is 34.0 Å². The molecule has 19 heavy (non-hydrogen) atoms. The van der Waals surface area contributed by atoms with Crippen molar-refractivity contribution in [3.8, 4) is 0 Å². The first-order chi connectivity index (χ1) is 9.25. The van der Waals surface area contributed by atoms with Crippen molar-refractivity contribution in [1.29, 1.82) is 0 Å². The summed E-state index contributed by atoms with van der Waals surface area (Å²) in [5, 5.41) is 3.44. The molecule has 1 fully saturated rings. The number of anilines is 1. The molecule has 3 heterocycles. The van der Waals surface area contributed by atoms with Gasteiger partial charge in [0.2, 0.25) is 0 Å². The molecule has 4 nitrogen and oxygen atoms in total. The smallest absolute Gasteiger partial charge is 0.136 e. The Labute approximate surface area is 115 Å². The summed E-state index contributed by atoms with van der Waals surface area (Å²) >= 11 is 0. The van der Waals surface area contributed by atoms with Crippen LogP contribution in [-0.2, 0) is 13.0 Å². The van der Waals surface area contributed by atoms with Gasteiger partial charge in [0.05, 0.1) is 5.69 Å². The van der Waals surface area contributed by atoms with Gasteiger partial charge < -0.3 is 10.2 Å². The number of hydrogen-bond acceptors (Lipinski definition) is 4. The van der Waals surface area contributed by atoms with Gasteiger partial charge in [-0.05, 0) is 24.7 Å². The van der Waals surface area contributed by atoms with Crippen LogP contribution in [-0.4, -0.2) is 29.6 Å². The van der Waals surface area contributed by atoms with Crippen molar-refractivity contribution in [3.05, 3.63) is 17.6 Å². The second-order valence-electron chi connectivity index (χ2n) is 6.12. The van der Waals surface area contributed by atoms with Crippen LogP contribution in [0.4, 0.5) is 5.82 Å². The van der Waals surface area contributed by atoms with Crippen LogP contribution in [0.2, 0.25) is 0 Å². The van der Waals surface area contributed by atoms with Crippen molar-refractivity contribution in [2.45, 2.75) is 39.7 Å². The molecule has 0 aromatic carbocycles. The van der Waals surface area contributed by atoms with Crippen molar-refractivity contribution >= 4 is 5.82 Å². The summed E-state index contributed by atoms with van der Waals surface area (Å²) in [5.41, 5.74) is 2.58. The molecule has 0 atom stereocenters. The van der Waals surface area contributed by atoms with Gasteiger partial charge in [-0.1, -0.05) is 13.8 Å². The topological polar surface area (TPSA) is 41.1 Å². The van der Waals surface area contributed by atoms with Crippen LogP contribution in [0, 0.1) is 11.8 Å². The molecule has 0 spiro atoms. The van der Waals surface area contributed by atoms with Crippen LogP contribution in [0.25, 0.3) is 0 Å². The second kappa shape index (κ2) is 5.45. The summed E-state index contributed by atoms with van der Waals surface area (Å²) in [4.78, 5) is 11.5. The molecule has 4 heteroatoms. The van der Waals surface area contributed by atoms with E-state index < -0.39 is 0 Å². The number of nitrogens with zero attached hydrogens (tertiary/aromatic N) is 3. The first kappa shape index (κ1) is 12.9. The van der Waals surface area contributed by atoms with E-state index in [1.165, 1.54) is 29.9 Å². The third-order valence-electron chi connectivity index (χ3n) is 4.63. The van der Waals surface area contributed by atoms with E-state index in [1.54, 1.807) is 6.33 Å². The Morgan fingerprint density at radius 3 is 2.79 bits per heavy atom. The molecule has 0 aliphatic carbocycles. The lowest BCUT2D eigenvalue weighted by Gasteiger charge is -2.36. The van der Waals surface area contributed by atoms with E-state index in [-0.39, 0.29) is 0 Å². The number of fused-ring (bicyclic) bond motifs is 1. The monoisotopic (exact) mass is 260 g/mol. The zero-order valence-electron chi connectivity index (χ0n) is 12.0. The Kier molecular flexibility index (Phi) is 3.69. The molecule has 1 saturated heterocycles. The molecule has 0 saturated carbocycles. The quantitative estimate of drug-likeness (QED) is 0.883. The number of hydrogen-bond donors (Lipinski definition) is 1. The normalized spacial score (nSPS) is 20.7. The van der Waals surface area contributed by atoms with E-state index >= 15 is 0 Å². The van der Waals surface area contributed by atoms with Crippen LogP contribution in [0.15, 0.2) is 6.33 Å². The van der Waals surface area contributed by atoms with E-state index in [4.69, 9.17) is 0 Å². The van der Waals surface area contributed by atoms with Crippen LogP contribution in [0.3, 0.4) is 0 Å². The number of aromatic nitrogens is 2. The van der Waals surface area contributed by atoms with Gasteiger partial charge in [-0.3, -0.25) is 0 Å². The maximum Gasteiger partial charge on any atom is 0.136 e. The molecule has 0 radical (unpaired) electrons. The van der Waals surface area contributed by atoms with Crippen LogP contribution in [0.1, 0.15) is 37.9 Å². The molecule has 2 aliphatic rings. The lowest BCUT2D eigenvalue weighted by Crippen LogP contribution is -2.37. The zero-order chi connectivity index (χ0) is 13.2. The highest BCUT2D eigenvalue weighted by Gasteiger charge is 2.25. The highest BCUT2D eigenvalue weighted by Crippen LogP contribution is 2.29. The summed E-state index contributed by atoms with van der Waals surface area (Å²) < 4.78 is 0. The van der Waals surface area contributed by atoms with Crippen LogP contribution < -0.4 is 10.2 Å². The van der Waals surface area contributed by atoms with Gasteiger partial charge in [-0.2, -0.15) is 0 Å². The van der Waals surface area contributed by atoms with Crippen molar-refractivity contribution in [1.82, 2.24) is 15.3 Å². The molecule has 3 rings (SSSR count). The highest BCUT2D eigenvalue weighted by molar-refractivity contribution is 5.49. The molecule has 1 aromatic heterocycles. The fourth-order valence-corrected chi connectivity index (χ4v) is 3.31. The van der Waals surface area contributed by atoms with Gasteiger partial charge in [0.25, 0.3) is 0 Å². The summed E-state index contributed by atoms with van der Waals surface area (Å²) in [6.45, 7) is 8.95. The minimum Gasteiger partial charge on any atom is -0.356 e. The Morgan fingerprint density at radius 2 is 2.05 bits per heavy atom. The van der Waals surface area contributed by atoms with Crippen molar-refractivity contribution in [2.24, 2.45) is 11.8 Å². The number of piperidine rings is 1. The second-order valence-corrected chi connectivity index (χ2v) is 6.12. The maximum absolute atomic E-state index is 4.56. The standard InChI is InChI=1S/C15H24N4/c1-11(2)12-4-7-19(8-5-12)15-13-9-16-6-3-14(13)17-10-18-15/h10-12,16H,3-9H2,1-2H3. The Hall–Kier alpha value is -1.16. The predicted molar refractivity (Wildman–Crippen MR) is 77.2 cm³/mol. The average Bonchev–Trinajstić information content (AvgIpc) is 2.47. The molecule has 1 N–H and O–H groups in total. The largest absolute Gasteiger partial charge is 0.356 e. The fourth-order valence-electron chi connectivity index (χ4n) is 3.31. The average molecular weight is 260 g/mol. The van der Waals surface area contributed by atoms with Crippen molar-refractivity contribution < 1.29 is 0 Å². The number of rotatable bonds is 2. The highest BCUT2D eigenvalue weighted by atomic mass is 15.2. The molecule has 0 amide bonds. The first-order valence-corrected chi connectivity index (χ1v) is 7.54. The minimum absolute atomic E-state index is 0.808. The Bertz CT molecular complexity index is 436. The van der Waals surface area contributed by atoms with Crippen molar-refractivity contribution in [3.63, 3.8) is 0 Å². The maximum atomic E-state index is 4.56. The van der Waals surface area contributed by atoms with Crippen LogP contribution in [0.5, 0.6) is 0 Å². The SMILES string of the molecule is CC(C)C1CCN(c2ncnc3c2CNCC3)CC1. The van der Waals surface area contributed by atoms with Crippen molar-refractivity contribution in [2.75, 3.05) is 24.5 Å². The molecular formula is C15H24N4. The summed E-state index contributed by atoms with van der Waals surface area (Å²) in [6, 6.07) is 0. The Balaban J connectivity index is 1.77. The van der Waals surface area contributed by atoms with Gasteiger partial charge in [0.1, 0.15) is 12.1 Å². The van der Waals surface area contributed by atoms with E-state index in [9.17, 15) is 0 Å².